The number of carbonyl (C=O) groups excluding carboxylic acids is 1. The Labute approximate surface area is 187 Å². The topological polar surface area (TPSA) is 99.8 Å². The Bertz CT molecular complexity index is 1040. The third-order valence-electron chi connectivity index (χ3n) is 5.82. The van der Waals surface area contributed by atoms with Crippen LogP contribution in [0.15, 0.2) is 34.5 Å². The lowest BCUT2D eigenvalue weighted by atomic mass is 9.93. The van der Waals surface area contributed by atoms with Gasteiger partial charge in [-0.25, -0.2) is 23.4 Å². The number of sulfonamides is 1. The Morgan fingerprint density at radius 3 is 2.81 bits per heavy atom. The van der Waals surface area contributed by atoms with Crippen LogP contribution in [0, 0.1) is 5.92 Å². The molecule has 8 nitrogen and oxygen atoms in total. The first-order valence-corrected chi connectivity index (χ1v) is 12.7. The molecule has 0 radical (unpaired) electrons. The van der Waals surface area contributed by atoms with Gasteiger partial charge in [0.2, 0.25) is 0 Å². The van der Waals surface area contributed by atoms with Crippen LogP contribution in [0.2, 0.25) is 0 Å². The van der Waals surface area contributed by atoms with E-state index in [1.54, 1.807) is 6.92 Å². The van der Waals surface area contributed by atoms with Gasteiger partial charge in [0.05, 0.1) is 18.7 Å². The number of benzene rings is 1. The van der Waals surface area contributed by atoms with E-state index < -0.39 is 16.0 Å². The summed E-state index contributed by atoms with van der Waals surface area (Å²) in [6.45, 7) is 5.12. The summed E-state index contributed by atoms with van der Waals surface area (Å²) < 4.78 is 32.9. The number of ether oxygens (including phenoxy) is 1. The molecule has 2 aliphatic heterocycles. The number of rotatable bonds is 7. The fourth-order valence-corrected chi connectivity index (χ4v) is 7.40. The van der Waals surface area contributed by atoms with Gasteiger partial charge in [-0.05, 0) is 17.5 Å². The zero-order valence-corrected chi connectivity index (χ0v) is 19.3. The van der Waals surface area contributed by atoms with Crippen LogP contribution in [0.25, 0.3) is 0 Å². The maximum absolute atomic E-state index is 12.7. The molecule has 2 aromatic rings. The molecule has 1 aromatic carbocycles. The molecule has 2 aliphatic rings. The summed E-state index contributed by atoms with van der Waals surface area (Å²) in [6.07, 6.45) is 0.626. The van der Waals surface area contributed by atoms with Crippen molar-refractivity contribution in [2.75, 3.05) is 33.3 Å². The van der Waals surface area contributed by atoms with Crippen molar-refractivity contribution in [1.29, 1.82) is 0 Å². The normalized spacial score (nSPS) is 21.7. The molecule has 0 saturated carbocycles. The molecule has 1 saturated heterocycles. The summed E-state index contributed by atoms with van der Waals surface area (Å²) in [7, 11) is -2.46. The second-order valence-corrected chi connectivity index (χ2v) is 10.9. The van der Waals surface area contributed by atoms with Crippen molar-refractivity contribution in [3.63, 3.8) is 0 Å². The second kappa shape index (κ2) is 9.35. The third-order valence-corrected chi connectivity index (χ3v) is 9.10. The van der Waals surface area contributed by atoms with Gasteiger partial charge < -0.3 is 4.74 Å². The van der Waals surface area contributed by atoms with Gasteiger partial charge in [0, 0.05) is 43.5 Å². The van der Waals surface area contributed by atoms with E-state index in [1.807, 2.05) is 18.2 Å². The van der Waals surface area contributed by atoms with Gasteiger partial charge in [-0.2, -0.15) is 0 Å². The number of methoxy groups -OCH3 is 1. The summed E-state index contributed by atoms with van der Waals surface area (Å²) in [5, 5.41) is 0. The van der Waals surface area contributed by atoms with Crippen molar-refractivity contribution in [2.24, 2.45) is 5.92 Å². The molecule has 31 heavy (non-hydrogen) atoms. The first kappa shape index (κ1) is 22.4. The highest BCUT2D eigenvalue weighted by Crippen LogP contribution is 2.37. The highest BCUT2D eigenvalue weighted by atomic mass is 32.2. The Hall–Kier alpha value is -1.82. The lowest BCUT2D eigenvalue weighted by molar-refractivity contribution is 0.0595. The summed E-state index contributed by atoms with van der Waals surface area (Å²) in [4.78, 5) is 15.7. The van der Waals surface area contributed by atoms with Crippen molar-refractivity contribution < 1.29 is 17.9 Å². The largest absolute Gasteiger partial charge is 0.465 e. The predicted octanol–water partition coefficient (Wildman–Crippen LogP) is 1.66. The van der Waals surface area contributed by atoms with Gasteiger partial charge in [0.25, 0.3) is 10.0 Å². The van der Waals surface area contributed by atoms with Crippen LogP contribution in [-0.4, -0.2) is 52.6 Å². The van der Waals surface area contributed by atoms with E-state index in [1.165, 1.54) is 24.0 Å². The Kier molecular flexibility index (Phi) is 6.75. The van der Waals surface area contributed by atoms with Crippen molar-refractivity contribution in [3.8, 4) is 0 Å². The van der Waals surface area contributed by atoms with Crippen LogP contribution < -0.4 is 15.6 Å². The first-order valence-electron chi connectivity index (χ1n) is 10.4. The van der Waals surface area contributed by atoms with E-state index in [4.69, 9.17) is 4.74 Å². The van der Waals surface area contributed by atoms with Gasteiger partial charge in [-0.1, -0.05) is 37.3 Å². The maximum Gasteiger partial charge on any atom is 0.340 e. The maximum atomic E-state index is 12.7. The molecule has 3 heterocycles. The number of nitrogens with one attached hydrogen (secondary N) is 3. The number of nitrogens with zero attached hydrogens (tertiary/aromatic N) is 1. The van der Waals surface area contributed by atoms with Crippen LogP contribution in [0.3, 0.4) is 0 Å². The van der Waals surface area contributed by atoms with Gasteiger partial charge >= 0.3 is 5.97 Å². The van der Waals surface area contributed by atoms with E-state index in [-0.39, 0.29) is 22.4 Å². The molecule has 3 N–H and O–H groups in total. The molecule has 10 heteroatoms. The summed E-state index contributed by atoms with van der Waals surface area (Å²) in [5.41, 5.74) is 8.92. The minimum atomic E-state index is -3.75. The second-order valence-electron chi connectivity index (χ2n) is 7.82. The van der Waals surface area contributed by atoms with Gasteiger partial charge in [0.15, 0.2) is 0 Å². The number of hydrogen-bond acceptors (Lipinski definition) is 8. The van der Waals surface area contributed by atoms with Crippen molar-refractivity contribution in [1.82, 2.24) is 20.5 Å². The quantitative estimate of drug-likeness (QED) is 0.536. The molecular weight excluding hydrogens is 436 g/mol. The van der Waals surface area contributed by atoms with E-state index >= 15 is 0 Å². The zero-order chi connectivity index (χ0) is 22.0. The average molecular weight is 465 g/mol. The number of fused-ring (bicyclic) bond motifs is 1. The lowest BCUT2D eigenvalue weighted by Gasteiger charge is -2.31. The van der Waals surface area contributed by atoms with Crippen LogP contribution in [-0.2, 0) is 27.7 Å². The summed E-state index contributed by atoms with van der Waals surface area (Å²) >= 11 is 1.19. The van der Waals surface area contributed by atoms with Crippen LogP contribution in [0.5, 0.6) is 0 Å². The SMILES string of the molecule is CCNS(=O)(=O)c1sc2c(c1C(=O)OC)CCN(CC1CNNC1c1ccccc1)C2. The van der Waals surface area contributed by atoms with Gasteiger partial charge in [-0.3, -0.25) is 10.3 Å². The Morgan fingerprint density at radius 1 is 1.32 bits per heavy atom. The highest BCUT2D eigenvalue weighted by molar-refractivity contribution is 7.91. The Morgan fingerprint density at radius 2 is 2.10 bits per heavy atom. The van der Waals surface area contributed by atoms with Crippen LogP contribution >= 0.6 is 11.3 Å². The van der Waals surface area contributed by atoms with E-state index in [2.05, 4.69) is 32.6 Å². The van der Waals surface area contributed by atoms with Crippen LogP contribution in [0.4, 0.5) is 0 Å². The first-order chi connectivity index (χ1) is 14.9. The lowest BCUT2D eigenvalue weighted by Crippen LogP contribution is -2.36. The number of esters is 1. The molecule has 4 rings (SSSR count). The fraction of sp³-hybridized carbons (Fsp3) is 0.476. The summed E-state index contributed by atoms with van der Waals surface area (Å²) in [5.74, 6) is -0.204. The molecular formula is C21H28N4O4S2. The van der Waals surface area contributed by atoms with Gasteiger partial charge in [0.1, 0.15) is 4.21 Å². The predicted molar refractivity (Wildman–Crippen MR) is 119 cm³/mol. The van der Waals surface area contributed by atoms with E-state index in [9.17, 15) is 13.2 Å². The van der Waals surface area contributed by atoms with E-state index in [0.29, 0.717) is 18.9 Å². The molecule has 0 spiro atoms. The van der Waals surface area contributed by atoms with Gasteiger partial charge in [-0.15, -0.1) is 11.3 Å². The zero-order valence-electron chi connectivity index (χ0n) is 17.7. The number of hydrazine groups is 1. The third kappa shape index (κ3) is 4.55. The number of thiophene rings is 1. The number of hydrogen-bond donors (Lipinski definition) is 3. The molecule has 2 atom stereocenters. The van der Waals surface area contributed by atoms with Crippen LogP contribution in [0.1, 0.15) is 39.3 Å². The fourth-order valence-electron chi connectivity index (χ4n) is 4.39. The standard InChI is InChI=1S/C21H28N4O4S2/c1-3-23-31(27,28)21-18(20(26)29-2)16-9-10-25(13-17(16)30-21)12-15-11-22-24-19(15)14-7-5-4-6-8-14/h4-8,15,19,22-24H,3,9-13H2,1-2H3. The smallest absolute Gasteiger partial charge is 0.340 e. The molecule has 0 aliphatic carbocycles. The highest BCUT2D eigenvalue weighted by Gasteiger charge is 2.35. The minimum Gasteiger partial charge on any atom is -0.465 e. The molecule has 1 fully saturated rings. The van der Waals surface area contributed by atoms with Crippen molar-refractivity contribution in [3.05, 3.63) is 51.9 Å². The average Bonchev–Trinajstić information content (AvgIpc) is 3.38. The molecule has 1 aromatic heterocycles. The molecule has 0 bridgehead atoms. The summed E-state index contributed by atoms with van der Waals surface area (Å²) in [6, 6.07) is 10.6. The minimum absolute atomic E-state index is 0.0689. The monoisotopic (exact) mass is 464 g/mol. The molecule has 0 amide bonds. The van der Waals surface area contributed by atoms with Crippen molar-refractivity contribution >= 4 is 27.3 Å². The van der Waals surface area contributed by atoms with E-state index in [0.717, 1.165) is 30.1 Å². The molecule has 168 valence electrons. The van der Waals surface area contributed by atoms with Crippen molar-refractivity contribution in [2.45, 2.75) is 30.1 Å². The number of carbonyl (C=O) groups is 1. The molecule has 2 unspecified atom stereocenters. The Balaban J connectivity index is 1.56.